The lowest BCUT2D eigenvalue weighted by atomic mass is 9.86. The van der Waals surface area contributed by atoms with Gasteiger partial charge in [-0.25, -0.2) is 9.67 Å². The number of pyridine rings is 1. The van der Waals surface area contributed by atoms with Crippen molar-refractivity contribution in [3.63, 3.8) is 0 Å². The first-order valence-electron chi connectivity index (χ1n) is 7.04. The Balaban J connectivity index is 1.94. The molecule has 0 aliphatic heterocycles. The molecule has 3 rings (SSSR count). The van der Waals surface area contributed by atoms with Crippen molar-refractivity contribution in [2.75, 3.05) is 0 Å². The minimum atomic E-state index is -0.765. The first-order valence-corrected chi connectivity index (χ1v) is 7.04. The molecule has 0 bridgehead atoms. The Hall–Kier alpha value is -2.31. The van der Waals surface area contributed by atoms with Crippen molar-refractivity contribution in [2.24, 2.45) is 5.41 Å². The van der Waals surface area contributed by atoms with Crippen LogP contribution < -0.4 is 0 Å². The van der Waals surface area contributed by atoms with Crippen molar-refractivity contribution < 1.29 is 9.90 Å². The summed E-state index contributed by atoms with van der Waals surface area (Å²) < 4.78 is 1.57. The fourth-order valence-electron chi connectivity index (χ4n) is 2.94. The number of carboxylic acids is 1. The summed E-state index contributed by atoms with van der Waals surface area (Å²) in [4.78, 5) is 16.1. The molecule has 0 radical (unpaired) electrons. The Morgan fingerprint density at radius 3 is 2.81 bits per heavy atom. The number of nitrogens with zero attached hydrogens (tertiary/aromatic N) is 5. The van der Waals surface area contributed by atoms with Crippen LogP contribution in [0.3, 0.4) is 0 Å². The molecular formula is C14H17N5O2. The number of aromatic nitrogens is 5. The van der Waals surface area contributed by atoms with E-state index in [1.165, 1.54) is 0 Å². The molecule has 0 atom stereocenters. The highest BCUT2D eigenvalue weighted by atomic mass is 16.4. The van der Waals surface area contributed by atoms with E-state index < -0.39 is 11.4 Å². The lowest BCUT2D eigenvalue weighted by molar-refractivity contribution is -0.149. The van der Waals surface area contributed by atoms with Gasteiger partial charge in [0.25, 0.3) is 0 Å². The number of tetrazole rings is 1. The molecular weight excluding hydrogens is 270 g/mol. The smallest absolute Gasteiger partial charge is 0.311 e. The molecule has 0 saturated heterocycles. The van der Waals surface area contributed by atoms with Crippen molar-refractivity contribution in [1.82, 2.24) is 25.2 Å². The average molecular weight is 287 g/mol. The first-order chi connectivity index (χ1) is 10.1. The third-order valence-electron chi connectivity index (χ3n) is 4.12. The van der Waals surface area contributed by atoms with Crippen LogP contribution in [-0.4, -0.2) is 36.3 Å². The third-order valence-corrected chi connectivity index (χ3v) is 4.12. The van der Waals surface area contributed by atoms with Gasteiger partial charge in [-0.05, 0) is 42.3 Å². The number of hydrogen-bond acceptors (Lipinski definition) is 5. The van der Waals surface area contributed by atoms with Gasteiger partial charge in [-0.2, -0.15) is 0 Å². The van der Waals surface area contributed by atoms with Crippen LogP contribution in [0.4, 0.5) is 0 Å². The molecule has 0 amide bonds. The predicted octanol–water partition coefficient (Wildman–Crippen LogP) is 1.69. The Morgan fingerprint density at radius 2 is 2.14 bits per heavy atom. The highest BCUT2D eigenvalue weighted by molar-refractivity contribution is 5.75. The quantitative estimate of drug-likeness (QED) is 0.919. The summed E-state index contributed by atoms with van der Waals surface area (Å²) in [7, 11) is 0. The molecule has 7 nitrogen and oxygen atoms in total. The lowest BCUT2D eigenvalue weighted by Gasteiger charge is -2.23. The second-order valence-electron chi connectivity index (χ2n) is 5.62. The SMILES string of the molecule is Cc1cccc(-c2nnnn2CC2(C(=O)O)CCCC2)n1. The molecule has 7 heteroatoms. The van der Waals surface area contributed by atoms with Gasteiger partial charge in [-0.1, -0.05) is 18.9 Å². The second kappa shape index (κ2) is 5.23. The topological polar surface area (TPSA) is 93.8 Å². The molecule has 0 spiro atoms. The van der Waals surface area contributed by atoms with Crippen LogP contribution in [0, 0.1) is 12.3 Å². The normalized spacial score (nSPS) is 17.0. The number of rotatable bonds is 4. The van der Waals surface area contributed by atoms with Crippen LogP contribution in [0.1, 0.15) is 31.4 Å². The summed E-state index contributed by atoms with van der Waals surface area (Å²) in [6, 6.07) is 5.61. The number of carbonyl (C=O) groups is 1. The van der Waals surface area contributed by atoms with Gasteiger partial charge < -0.3 is 5.11 Å². The van der Waals surface area contributed by atoms with Crippen molar-refractivity contribution >= 4 is 5.97 Å². The number of aryl methyl sites for hydroxylation is 1. The molecule has 1 fully saturated rings. The Labute approximate surface area is 122 Å². The second-order valence-corrected chi connectivity index (χ2v) is 5.62. The van der Waals surface area contributed by atoms with Gasteiger partial charge in [0.15, 0.2) is 0 Å². The van der Waals surface area contributed by atoms with E-state index in [-0.39, 0.29) is 0 Å². The summed E-state index contributed by atoms with van der Waals surface area (Å²) >= 11 is 0. The molecule has 2 heterocycles. The summed E-state index contributed by atoms with van der Waals surface area (Å²) in [5.74, 6) is -0.245. The van der Waals surface area contributed by atoms with Crippen LogP contribution in [0.5, 0.6) is 0 Å². The van der Waals surface area contributed by atoms with E-state index in [9.17, 15) is 9.90 Å². The van der Waals surface area contributed by atoms with Gasteiger partial charge >= 0.3 is 5.97 Å². The first kappa shape index (κ1) is 13.7. The van der Waals surface area contributed by atoms with Gasteiger partial charge in [0.2, 0.25) is 5.82 Å². The van der Waals surface area contributed by atoms with Crippen LogP contribution in [0.2, 0.25) is 0 Å². The van der Waals surface area contributed by atoms with Gasteiger partial charge in [-0.3, -0.25) is 4.79 Å². The summed E-state index contributed by atoms with van der Waals surface area (Å²) in [6.45, 7) is 2.19. The number of hydrogen-bond donors (Lipinski definition) is 1. The predicted molar refractivity (Wildman–Crippen MR) is 74.3 cm³/mol. The molecule has 0 aromatic carbocycles. The van der Waals surface area contributed by atoms with Crippen molar-refractivity contribution in [3.05, 3.63) is 23.9 Å². The highest BCUT2D eigenvalue weighted by Crippen LogP contribution is 2.40. The zero-order valence-electron chi connectivity index (χ0n) is 11.9. The summed E-state index contributed by atoms with van der Waals surface area (Å²) in [5.41, 5.74) is 0.780. The minimum absolute atomic E-state index is 0.292. The van der Waals surface area contributed by atoms with E-state index >= 15 is 0 Å². The highest BCUT2D eigenvalue weighted by Gasteiger charge is 2.42. The zero-order valence-corrected chi connectivity index (χ0v) is 11.9. The molecule has 110 valence electrons. The molecule has 1 aliphatic carbocycles. The average Bonchev–Trinajstić information content (AvgIpc) is 3.09. The van der Waals surface area contributed by atoms with Gasteiger partial charge in [0, 0.05) is 5.69 Å². The molecule has 1 saturated carbocycles. The fraction of sp³-hybridized carbons (Fsp3) is 0.500. The third kappa shape index (κ3) is 2.51. The van der Waals surface area contributed by atoms with E-state index in [1.807, 2.05) is 25.1 Å². The van der Waals surface area contributed by atoms with Gasteiger partial charge in [0.05, 0.1) is 12.0 Å². The monoisotopic (exact) mass is 287 g/mol. The molecule has 2 aromatic rings. The van der Waals surface area contributed by atoms with Crippen LogP contribution in [-0.2, 0) is 11.3 Å². The van der Waals surface area contributed by atoms with E-state index in [0.717, 1.165) is 18.5 Å². The molecule has 0 unspecified atom stereocenters. The standard InChI is InChI=1S/C14H17N5O2/c1-10-5-4-6-11(15-10)12-16-17-18-19(12)9-14(13(20)21)7-2-3-8-14/h4-6H,2-3,7-9H2,1H3,(H,20,21). The van der Waals surface area contributed by atoms with E-state index in [1.54, 1.807) is 4.68 Å². The van der Waals surface area contributed by atoms with Gasteiger partial charge in [0.1, 0.15) is 5.69 Å². The Kier molecular flexibility index (Phi) is 3.40. The van der Waals surface area contributed by atoms with Crippen molar-refractivity contribution in [2.45, 2.75) is 39.2 Å². The summed E-state index contributed by atoms with van der Waals surface area (Å²) in [5, 5.41) is 21.2. The van der Waals surface area contributed by atoms with E-state index in [2.05, 4.69) is 20.5 Å². The van der Waals surface area contributed by atoms with E-state index in [0.29, 0.717) is 30.9 Å². The minimum Gasteiger partial charge on any atom is -0.481 e. The maximum Gasteiger partial charge on any atom is 0.311 e. The van der Waals surface area contributed by atoms with Crippen molar-refractivity contribution in [3.8, 4) is 11.5 Å². The molecule has 2 aromatic heterocycles. The Bertz CT molecular complexity index is 661. The number of carboxylic acid groups (broad SMARTS) is 1. The Morgan fingerprint density at radius 1 is 1.38 bits per heavy atom. The largest absolute Gasteiger partial charge is 0.481 e. The maximum absolute atomic E-state index is 11.7. The lowest BCUT2D eigenvalue weighted by Crippen LogP contribution is -2.33. The maximum atomic E-state index is 11.7. The fourth-order valence-corrected chi connectivity index (χ4v) is 2.94. The van der Waals surface area contributed by atoms with E-state index in [4.69, 9.17) is 0 Å². The van der Waals surface area contributed by atoms with Gasteiger partial charge in [-0.15, -0.1) is 5.10 Å². The molecule has 21 heavy (non-hydrogen) atoms. The zero-order chi connectivity index (χ0) is 14.9. The molecule has 1 N–H and O–H groups in total. The van der Waals surface area contributed by atoms with Crippen LogP contribution in [0.15, 0.2) is 18.2 Å². The summed E-state index contributed by atoms with van der Waals surface area (Å²) in [6.07, 6.45) is 3.21. The van der Waals surface area contributed by atoms with Crippen molar-refractivity contribution in [1.29, 1.82) is 0 Å². The van der Waals surface area contributed by atoms with Crippen LogP contribution in [0.25, 0.3) is 11.5 Å². The molecule has 1 aliphatic rings. The van der Waals surface area contributed by atoms with Crippen LogP contribution >= 0.6 is 0 Å². The number of aliphatic carboxylic acids is 1.